The molecule has 1 aliphatic carbocycles. The Kier molecular flexibility index (Phi) is 6.78. The Balaban J connectivity index is 1.85. The van der Waals surface area contributed by atoms with E-state index in [1.54, 1.807) is 0 Å². The molecule has 0 spiro atoms. The van der Waals surface area contributed by atoms with Crippen molar-refractivity contribution in [2.24, 2.45) is 5.92 Å². The number of carboxylic acids is 3. The number of phenolic OH excluding ortho intramolecular Hbond substituents is 5. The van der Waals surface area contributed by atoms with Gasteiger partial charge in [0.05, 0.1) is 11.5 Å². The SMILES string of the molecule is O=C(O)C1=Cc2cc(O)c(O)cc2[C@@H](c2ccc(O)c(O/C(=C\c3ccc(O)c(O)c3)C(=O)O)c2)[C@@H]1C(=O)O. The molecule has 1 aliphatic rings. The van der Waals surface area contributed by atoms with Crippen LogP contribution in [-0.4, -0.2) is 58.8 Å². The summed E-state index contributed by atoms with van der Waals surface area (Å²) in [5.41, 5.74) is -0.0387. The number of benzene rings is 3. The minimum atomic E-state index is -1.68. The number of hydrogen-bond donors (Lipinski definition) is 8. The molecule has 3 aromatic rings. The zero-order chi connectivity index (χ0) is 28.6. The lowest BCUT2D eigenvalue weighted by Gasteiger charge is -2.31. The fourth-order valence-electron chi connectivity index (χ4n) is 4.30. The molecule has 0 amide bonds. The van der Waals surface area contributed by atoms with Crippen molar-refractivity contribution in [1.29, 1.82) is 0 Å². The van der Waals surface area contributed by atoms with Crippen molar-refractivity contribution in [3.63, 3.8) is 0 Å². The van der Waals surface area contributed by atoms with E-state index < -0.39 is 75.6 Å². The topological polar surface area (TPSA) is 222 Å². The summed E-state index contributed by atoms with van der Waals surface area (Å²) in [5, 5.41) is 78.9. The van der Waals surface area contributed by atoms with E-state index in [4.69, 9.17) is 4.74 Å². The summed E-state index contributed by atoms with van der Waals surface area (Å²) < 4.78 is 5.41. The van der Waals surface area contributed by atoms with Gasteiger partial charge in [-0.15, -0.1) is 0 Å². The Bertz CT molecular complexity index is 1580. The van der Waals surface area contributed by atoms with E-state index in [9.17, 15) is 55.2 Å². The Morgan fingerprint density at radius 2 is 1.38 bits per heavy atom. The third kappa shape index (κ3) is 5.11. The predicted octanol–water partition coefficient (Wildman–Crippen LogP) is 3.03. The first-order chi connectivity index (χ1) is 18.4. The van der Waals surface area contributed by atoms with E-state index in [0.717, 1.165) is 48.6 Å². The van der Waals surface area contributed by atoms with Crippen LogP contribution >= 0.6 is 0 Å². The summed E-state index contributed by atoms with van der Waals surface area (Å²) >= 11 is 0. The number of carbonyl (C=O) groups is 3. The third-order valence-electron chi connectivity index (χ3n) is 6.08. The molecule has 3 aromatic carbocycles. The monoisotopic (exact) mass is 536 g/mol. The predicted molar refractivity (Wildman–Crippen MR) is 132 cm³/mol. The summed E-state index contributed by atoms with van der Waals surface area (Å²) in [6.45, 7) is 0. The summed E-state index contributed by atoms with van der Waals surface area (Å²) in [6, 6.07) is 9.14. The molecule has 0 fully saturated rings. The van der Waals surface area contributed by atoms with Crippen LogP contribution in [0.4, 0.5) is 0 Å². The van der Waals surface area contributed by atoms with Gasteiger partial charge in [-0.2, -0.15) is 0 Å². The summed E-state index contributed by atoms with van der Waals surface area (Å²) in [5.74, 6) is -11.4. The van der Waals surface area contributed by atoms with Gasteiger partial charge in [0, 0.05) is 5.92 Å². The smallest absolute Gasteiger partial charge is 0.371 e. The molecular weight excluding hydrogens is 516 g/mol. The highest BCUT2D eigenvalue weighted by Crippen LogP contribution is 2.47. The summed E-state index contributed by atoms with van der Waals surface area (Å²) in [6.07, 6.45) is 2.07. The lowest BCUT2D eigenvalue weighted by Crippen LogP contribution is -2.31. The standard InChI is InChI=1S/C27H20O12/c28-16-3-1-11(5-18(16)30)6-22(26(35)36)39-21-9-12(2-4-17(21)29)23-14-10-20(32)19(31)8-13(14)7-15(25(33)34)24(23)27(37)38/h1-10,23-24,28-32H,(H,33,34)(H,35,36)(H,37,38)/b22-6-/t23-,24-/m1/s1. The lowest BCUT2D eigenvalue weighted by atomic mass is 9.71. The highest BCUT2D eigenvalue weighted by atomic mass is 16.5. The van der Waals surface area contributed by atoms with Gasteiger partial charge in [-0.05, 0) is 70.8 Å². The van der Waals surface area contributed by atoms with Gasteiger partial charge in [-0.25, -0.2) is 9.59 Å². The zero-order valence-corrected chi connectivity index (χ0v) is 19.6. The van der Waals surface area contributed by atoms with Crippen LogP contribution in [0.5, 0.6) is 34.5 Å². The van der Waals surface area contributed by atoms with Gasteiger partial charge >= 0.3 is 17.9 Å². The molecule has 0 aliphatic heterocycles. The van der Waals surface area contributed by atoms with Gasteiger partial charge in [0.1, 0.15) is 0 Å². The number of rotatable bonds is 7. The van der Waals surface area contributed by atoms with Crippen LogP contribution in [0, 0.1) is 5.92 Å². The molecule has 0 bridgehead atoms. The van der Waals surface area contributed by atoms with Crippen molar-refractivity contribution in [1.82, 2.24) is 0 Å². The van der Waals surface area contributed by atoms with Crippen LogP contribution in [0.2, 0.25) is 0 Å². The molecule has 4 rings (SSSR count). The largest absolute Gasteiger partial charge is 0.504 e. The van der Waals surface area contributed by atoms with Gasteiger partial charge in [0.15, 0.2) is 34.5 Å². The molecule has 0 heterocycles. The normalized spacial score (nSPS) is 16.6. The average molecular weight is 536 g/mol. The number of aliphatic carboxylic acids is 3. The molecule has 0 unspecified atom stereocenters. The summed E-state index contributed by atoms with van der Waals surface area (Å²) in [4.78, 5) is 36.1. The molecular formula is C27H20O12. The zero-order valence-electron chi connectivity index (χ0n) is 19.6. The first-order valence-corrected chi connectivity index (χ1v) is 11.1. The van der Waals surface area contributed by atoms with Gasteiger partial charge in [0.25, 0.3) is 0 Å². The molecule has 12 heteroatoms. The molecule has 12 nitrogen and oxygen atoms in total. The van der Waals surface area contributed by atoms with E-state index in [2.05, 4.69) is 0 Å². The minimum Gasteiger partial charge on any atom is -0.504 e. The van der Waals surface area contributed by atoms with Crippen LogP contribution in [0.15, 0.2) is 59.9 Å². The van der Waals surface area contributed by atoms with E-state index >= 15 is 0 Å². The van der Waals surface area contributed by atoms with Crippen LogP contribution in [0.1, 0.15) is 28.2 Å². The highest BCUT2D eigenvalue weighted by molar-refractivity contribution is 6.01. The summed E-state index contributed by atoms with van der Waals surface area (Å²) in [7, 11) is 0. The van der Waals surface area contributed by atoms with Crippen LogP contribution in [0.3, 0.4) is 0 Å². The number of ether oxygens (including phenoxy) is 1. The molecule has 0 aromatic heterocycles. The molecule has 8 N–H and O–H groups in total. The van der Waals surface area contributed by atoms with Crippen molar-refractivity contribution >= 4 is 30.1 Å². The first kappa shape index (κ1) is 26.4. The van der Waals surface area contributed by atoms with E-state index in [1.807, 2.05) is 0 Å². The molecule has 39 heavy (non-hydrogen) atoms. The Labute approximate surface area is 218 Å². The fourth-order valence-corrected chi connectivity index (χ4v) is 4.30. The second kappa shape index (κ2) is 10.0. The Morgan fingerprint density at radius 3 is 2.00 bits per heavy atom. The van der Waals surface area contributed by atoms with Crippen molar-refractivity contribution in [2.45, 2.75) is 5.92 Å². The van der Waals surface area contributed by atoms with Crippen molar-refractivity contribution in [3.05, 3.63) is 82.1 Å². The van der Waals surface area contributed by atoms with Crippen LogP contribution in [0.25, 0.3) is 12.2 Å². The second-order valence-electron chi connectivity index (χ2n) is 8.56. The number of hydrogen-bond acceptors (Lipinski definition) is 9. The van der Waals surface area contributed by atoms with Crippen LogP contribution < -0.4 is 4.74 Å². The number of phenols is 5. The van der Waals surface area contributed by atoms with E-state index in [0.29, 0.717) is 0 Å². The average Bonchev–Trinajstić information content (AvgIpc) is 2.86. The van der Waals surface area contributed by atoms with Gasteiger partial charge in [0.2, 0.25) is 5.76 Å². The first-order valence-electron chi connectivity index (χ1n) is 11.1. The van der Waals surface area contributed by atoms with Crippen molar-refractivity contribution < 1.29 is 60.0 Å². The van der Waals surface area contributed by atoms with Crippen molar-refractivity contribution in [2.75, 3.05) is 0 Å². The molecule has 0 saturated carbocycles. The Morgan fingerprint density at radius 1 is 0.744 bits per heavy atom. The molecule has 200 valence electrons. The van der Waals surface area contributed by atoms with Gasteiger partial charge in [-0.3, -0.25) is 4.79 Å². The van der Waals surface area contributed by atoms with Crippen LogP contribution in [-0.2, 0) is 14.4 Å². The van der Waals surface area contributed by atoms with Gasteiger partial charge < -0.3 is 45.6 Å². The number of fused-ring (bicyclic) bond motifs is 1. The maximum Gasteiger partial charge on any atom is 0.371 e. The maximum absolute atomic E-state index is 12.3. The van der Waals surface area contributed by atoms with E-state index in [1.165, 1.54) is 12.1 Å². The maximum atomic E-state index is 12.3. The second-order valence-corrected chi connectivity index (χ2v) is 8.56. The fraction of sp³-hybridized carbons (Fsp3) is 0.0741. The highest BCUT2D eigenvalue weighted by Gasteiger charge is 2.41. The molecule has 2 atom stereocenters. The quantitative estimate of drug-likeness (QED) is 0.124. The third-order valence-corrected chi connectivity index (χ3v) is 6.08. The lowest BCUT2D eigenvalue weighted by molar-refractivity contribution is -0.144. The minimum absolute atomic E-state index is 0.0837. The van der Waals surface area contributed by atoms with Crippen molar-refractivity contribution in [3.8, 4) is 34.5 Å². The molecule has 0 radical (unpaired) electrons. The van der Waals surface area contributed by atoms with E-state index in [-0.39, 0.29) is 22.3 Å². The molecule has 0 saturated heterocycles. The van der Waals surface area contributed by atoms with Gasteiger partial charge in [-0.1, -0.05) is 12.1 Å². The number of aromatic hydroxyl groups is 5. The number of carboxylic acid groups (broad SMARTS) is 3. The Hall–Kier alpha value is -5.65.